The molecule has 0 unspecified atom stereocenters. The van der Waals surface area contributed by atoms with E-state index in [1.165, 1.54) is 6.26 Å². The molecule has 1 aromatic carbocycles. The second-order valence-electron chi connectivity index (χ2n) is 7.30. The molecule has 4 nitrogen and oxygen atoms in total. The maximum atomic E-state index is 11.5. The molecule has 5 heteroatoms. The van der Waals surface area contributed by atoms with Crippen LogP contribution in [-0.2, 0) is 9.84 Å². The van der Waals surface area contributed by atoms with Crippen molar-refractivity contribution in [3.8, 4) is 5.75 Å². The highest BCUT2D eigenvalue weighted by Crippen LogP contribution is 2.21. The molecule has 0 aromatic heterocycles. The van der Waals surface area contributed by atoms with Crippen LogP contribution in [0.15, 0.2) is 29.2 Å². The Labute approximate surface area is 128 Å². The Kier molecular flexibility index (Phi) is 5.45. The minimum atomic E-state index is -3.20. The van der Waals surface area contributed by atoms with Crippen molar-refractivity contribution in [1.29, 1.82) is 0 Å². The zero-order valence-electron chi connectivity index (χ0n) is 13.9. The SMILES string of the molecule is CC(C)(CNC(C)(C)C)COc1cccc(S(C)(=O)=O)c1. The Hall–Kier alpha value is -1.07. The molecule has 0 aliphatic heterocycles. The van der Waals surface area contributed by atoms with E-state index >= 15 is 0 Å². The van der Waals surface area contributed by atoms with Crippen molar-refractivity contribution in [3.05, 3.63) is 24.3 Å². The first-order valence-corrected chi connectivity index (χ1v) is 8.96. The lowest BCUT2D eigenvalue weighted by molar-refractivity contribution is 0.165. The Bertz CT molecular complexity index is 571. The van der Waals surface area contributed by atoms with Crippen LogP contribution >= 0.6 is 0 Å². The third kappa shape index (κ3) is 6.96. The van der Waals surface area contributed by atoms with Gasteiger partial charge in [0, 0.05) is 23.8 Å². The molecule has 1 rings (SSSR count). The van der Waals surface area contributed by atoms with Crippen LogP contribution in [0.3, 0.4) is 0 Å². The van der Waals surface area contributed by atoms with Gasteiger partial charge in [-0.15, -0.1) is 0 Å². The van der Waals surface area contributed by atoms with Crippen LogP contribution < -0.4 is 10.1 Å². The number of rotatable bonds is 6. The van der Waals surface area contributed by atoms with E-state index in [4.69, 9.17) is 4.74 Å². The Morgan fingerprint density at radius 3 is 2.29 bits per heavy atom. The molecule has 0 saturated carbocycles. The van der Waals surface area contributed by atoms with Crippen molar-refractivity contribution in [1.82, 2.24) is 5.32 Å². The summed E-state index contributed by atoms with van der Waals surface area (Å²) in [6.07, 6.45) is 1.20. The lowest BCUT2D eigenvalue weighted by atomic mass is 9.93. The molecule has 1 N–H and O–H groups in total. The summed E-state index contributed by atoms with van der Waals surface area (Å²) < 4.78 is 28.8. The van der Waals surface area contributed by atoms with E-state index in [0.29, 0.717) is 12.4 Å². The summed E-state index contributed by atoms with van der Waals surface area (Å²) in [5.74, 6) is 0.585. The molecule has 0 fully saturated rings. The van der Waals surface area contributed by atoms with E-state index < -0.39 is 9.84 Å². The summed E-state index contributed by atoms with van der Waals surface area (Å²) in [7, 11) is -3.20. The van der Waals surface area contributed by atoms with Gasteiger partial charge in [0.2, 0.25) is 0 Å². The van der Waals surface area contributed by atoms with Gasteiger partial charge in [0.05, 0.1) is 11.5 Å². The first-order valence-electron chi connectivity index (χ1n) is 7.07. The number of sulfone groups is 1. The molecule has 120 valence electrons. The van der Waals surface area contributed by atoms with E-state index in [9.17, 15) is 8.42 Å². The quantitative estimate of drug-likeness (QED) is 0.877. The molecule has 0 radical (unpaired) electrons. The molecular weight excluding hydrogens is 286 g/mol. The van der Waals surface area contributed by atoms with Gasteiger partial charge in [-0.25, -0.2) is 8.42 Å². The van der Waals surface area contributed by atoms with E-state index in [1.54, 1.807) is 24.3 Å². The highest BCUT2D eigenvalue weighted by atomic mass is 32.2. The zero-order valence-corrected chi connectivity index (χ0v) is 14.7. The van der Waals surface area contributed by atoms with Crippen LogP contribution in [0.1, 0.15) is 34.6 Å². The summed E-state index contributed by atoms with van der Waals surface area (Å²) in [4.78, 5) is 0.283. The monoisotopic (exact) mass is 313 g/mol. The molecule has 0 aliphatic carbocycles. The van der Waals surface area contributed by atoms with Gasteiger partial charge >= 0.3 is 0 Å². The lowest BCUT2D eigenvalue weighted by Gasteiger charge is -2.30. The van der Waals surface area contributed by atoms with Crippen molar-refractivity contribution in [2.75, 3.05) is 19.4 Å². The van der Waals surface area contributed by atoms with Crippen LogP contribution in [0.4, 0.5) is 0 Å². The summed E-state index contributed by atoms with van der Waals surface area (Å²) in [6.45, 7) is 11.9. The zero-order chi connectivity index (χ0) is 16.3. The van der Waals surface area contributed by atoms with Crippen LogP contribution in [-0.4, -0.2) is 33.4 Å². The summed E-state index contributed by atoms with van der Waals surface area (Å²) in [5.41, 5.74) is 0.0157. The number of ether oxygens (including phenoxy) is 1. The highest BCUT2D eigenvalue weighted by molar-refractivity contribution is 7.90. The maximum Gasteiger partial charge on any atom is 0.175 e. The van der Waals surface area contributed by atoms with Crippen molar-refractivity contribution in [2.24, 2.45) is 5.41 Å². The van der Waals surface area contributed by atoms with Gasteiger partial charge in [-0.3, -0.25) is 0 Å². The smallest absolute Gasteiger partial charge is 0.175 e. The number of nitrogens with one attached hydrogen (secondary N) is 1. The minimum absolute atomic E-state index is 0.0472. The van der Waals surface area contributed by atoms with E-state index in [-0.39, 0.29) is 15.8 Å². The van der Waals surface area contributed by atoms with Crippen LogP contribution in [0.2, 0.25) is 0 Å². The van der Waals surface area contributed by atoms with Gasteiger partial charge in [0.1, 0.15) is 5.75 Å². The van der Waals surface area contributed by atoms with Gasteiger partial charge in [-0.2, -0.15) is 0 Å². The molecule has 0 spiro atoms. The summed E-state index contributed by atoms with van der Waals surface area (Å²) >= 11 is 0. The average molecular weight is 313 g/mol. The normalized spacial score (nSPS) is 13.2. The number of hydrogen-bond donors (Lipinski definition) is 1. The first-order chi connectivity index (χ1) is 9.39. The Morgan fingerprint density at radius 2 is 1.76 bits per heavy atom. The highest BCUT2D eigenvalue weighted by Gasteiger charge is 2.22. The number of hydrogen-bond acceptors (Lipinski definition) is 4. The standard InChI is InChI=1S/C16H27NO3S/c1-15(2,3)17-11-16(4,5)12-20-13-8-7-9-14(10-13)21(6,18)19/h7-10,17H,11-12H2,1-6H3. The molecule has 21 heavy (non-hydrogen) atoms. The second kappa shape index (κ2) is 6.36. The molecule has 0 bridgehead atoms. The summed E-state index contributed by atoms with van der Waals surface area (Å²) in [6, 6.07) is 6.63. The van der Waals surface area contributed by atoms with E-state index in [1.807, 2.05) is 0 Å². The third-order valence-electron chi connectivity index (χ3n) is 2.96. The van der Waals surface area contributed by atoms with Crippen molar-refractivity contribution in [3.63, 3.8) is 0 Å². The third-order valence-corrected chi connectivity index (χ3v) is 4.07. The maximum absolute atomic E-state index is 11.5. The van der Waals surface area contributed by atoms with Gasteiger partial charge in [0.25, 0.3) is 0 Å². The summed E-state index contributed by atoms with van der Waals surface area (Å²) in [5, 5.41) is 3.46. The molecule has 0 atom stereocenters. The van der Waals surface area contributed by atoms with Crippen molar-refractivity contribution in [2.45, 2.75) is 45.1 Å². The first kappa shape index (κ1) is 18.0. The van der Waals surface area contributed by atoms with Crippen LogP contribution in [0.25, 0.3) is 0 Å². The average Bonchev–Trinajstić information content (AvgIpc) is 2.33. The second-order valence-corrected chi connectivity index (χ2v) is 9.32. The van der Waals surface area contributed by atoms with Crippen LogP contribution in [0.5, 0.6) is 5.75 Å². The van der Waals surface area contributed by atoms with Crippen LogP contribution in [0, 0.1) is 5.41 Å². The molecule has 0 amide bonds. The van der Waals surface area contributed by atoms with Crippen molar-refractivity contribution >= 4 is 9.84 Å². The minimum Gasteiger partial charge on any atom is -0.493 e. The van der Waals surface area contributed by atoms with Gasteiger partial charge < -0.3 is 10.1 Å². The topological polar surface area (TPSA) is 55.4 Å². The fourth-order valence-electron chi connectivity index (χ4n) is 1.63. The van der Waals surface area contributed by atoms with Crippen molar-refractivity contribution < 1.29 is 13.2 Å². The predicted molar refractivity (Wildman–Crippen MR) is 86.6 cm³/mol. The van der Waals surface area contributed by atoms with Gasteiger partial charge in [-0.05, 0) is 39.0 Å². The molecular formula is C16H27NO3S. The molecule has 0 saturated heterocycles. The lowest BCUT2D eigenvalue weighted by Crippen LogP contribution is -2.43. The Balaban J connectivity index is 2.66. The fourth-order valence-corrected chi connectivity index (χ4v) is 2.28. The Morgan fingerprint density at radius 1 is 1.14 bits per heavy atom. The fraction of sp³-hybridized carbons (Fsp3) is 0.625. The molecule has 0 heterocycles. The van der Waals surface area contributed by atoms with Gasteiger partial charge in [0.15, 0.2) is 9.84 Å². The number of benzene rings is 1. The molecule has 1 aromatic rings. The molecule has 0 aliphatic rings. The van der Waals surface area contributed by atoms with E-state index in [0.717, 1.165) is 6.54 Å². The van der Waals surface area contributed by atoms with Gasteiger partial charge in [-0.1, -0.05) is 19.9 Å². The predicted octanol–water partition coefficient (Wildman–Crippen LogP) is 2.88. The van der Waals surface area contributed by atoms with E-state index in [2.05, 4.69) is 39.9 Å². The largest absolute Gasteiger partial charge is 0.493 e.